The van der Waals surface area contributed by atoms with E-state index in [0.29, 0.717) is 5.56 Å². The van der Waals surface area contributed by atoms with E-state index in [2.05, 4.69) is 0 Å². The van der Waals surface area contributed by atoms with Gasteiger partial charge >= 0.3 is 0 Å². The third-order valence-corrected chi connectivity index (χ3v) is 3.86. The quantitative estimate of drug-likeness (QED) is 0.755. The molecule has 2 saturated carbocycles. The number of aliphatic hydroxyl groups is 1. The lowest BCUT2D eigenvalue weighted by atomic mass is 9.99. The van der Waals surface area contributed by atoms with Crippen LogP contribution in [0, 0.1) is 23.5 Å². The van der Waals surface area contributed by atoms with E-state index in [9.17, 15) is 13.9 Å². The van der Waals surface area contributed by atoms with Crippen LogP contribution < -0.4 is 0 Å². The van der Waals surface area contributed by atoms with E-state index in [-0.39, 0.29) is 11.8 Å². The average molecular weight is 210 g/mol. The van der Waals surface area contributed by atoms with Gasteiger partial charge in [-0.05, 0) is 42.4 Å². The van der Waals surface area contributed by atoms with Gasteiger partial charge in [0.1, 0.15) is 11.6 Å². The van der Waals surface area contributed by atoms with E-state index >= 15 is 0 Å². The molecule has 0 amide bonds. The molecule has 80 valence electrons. The van der Waals surface area contributed by atoms with Gasteiger partial charge in [0.25, 0.3) is 0 Å². The Labute approximate surface area is 86.7 Å². The maximum absolute atomic E-state index is 13.0. The summed E-state index contributed by atoms with van der Waals surface area (Å²) in [6, 6.07) is 3.34. The second kappa shape index (κ2) is 2.79. The molecule has 1 N–H and O–H groups in total. The molecular weight excluding hydrogens is 198 g/mol. The summed E-state index contributed by atoms with van der Waals surface area (Å²) in [4.78, 5) is 0. The highest BCUT2D eigenvalue weighted by atomic mass is 19.1. The highest BCUT2D eigenvalue weighted by molar-refractivity contribution is 5.34. The molecule has 0 heterocycles. The number of hydrogen-bond acceptors (Lipinski definition) is 1. The van der Waals surface area contributed by atoms with Crippen LogP contribution in [-0.4, -0.2) is 5.11 Å². The van der Waals surface area contributed by atoms with E-state index in [1.54, 1.807) is 0 Å². The smallest absolute Gasteiger partial charge is 0.126 e. The van der Waals surface area contributed by atoms with Gasteiger partial charge in [0.05, 0.1) is 5.60 Å². The van der Waals surface area contributed by atoms with Crippen molar-refractivity contribution in [2.75, 3.05) is 0 Å². The monoisotopic (exact) mass is 210 g/mol. The Morgan fingerprint density at radius 1 is 1.07 bits per heavy atom. The van der Waals surface area contributed by atoms with Gasteiger partial charge in [0.2, 0.25) is 0 Å². The van der Waals surface area contributed by atoms with Crippen LogP contribution in [0.1, 0.15) is 24.8 Å². The average Bonchev–Trinajstić information content (AvgIpc) is 2.61. The van der Waals surface area contributed by atoms with Crippen LogP contribution in [-0.2, 0) is 5.60 Å². The molecule has 0 aromatic heterocycles. The Morgan fingerprint density at radius 3 is 2.13 bits per heavy atom. The van der Waals surface area contributed by atoms with Crippen molar-refractivity contribution in [1.29, 1.82) is 0 Å². The van der Waals surface area contributed by atoms with E-state index in [1.807, 2.05) is 0 Å². The molecule has 2 fully saturated rings. The van der Waals surface area contributed by atoms with Crippen molar-refractivity contribution < 1.29 is 13.9 Å². The number of halogens is 2. The van der Waals surface area contributed by atoms with Crippen molar-refractivity contribution in [3.05, 3.63) is 35.4 Å². The molecular formula is C12H12F2O. The molecule has 1 aromatic rings. The summed E-state index contributed by atoms with van der Waals surface area (Å²) in [6.45, 7) is 0. The van der Waals surface area contributed by atoms with Crippen LogP contribution in [0.3, 0.4) is 0 Å². The lowest BCUT2D eigenvalue weighted by Gasteiger charge is -2.14. The van der Waals surface area contributed by atoms with E-state index in [0.717, 1.165) is 25.3 Å². The molecule has 0 aliphatic heterocycles. The van der Waals surface area contributed by atoms with E-state index in [4.69, 9.17) is 0 Å². The van der Waals surface area contributed by atoms with Crippen molar-refractivity contribution in [3.8, 4) is 0 Å². The molecule has 0 spiro atoms. The molecule has 0 bridgehead atoms. The number of rotatable bonds is 1. The summed E-state index contributed by atoms with van der Waals surface area (Å²) in [7, 11) is 0. The predicted molar refractivity (Wildman–Crippen MR) is 51.1 cm³/mol. The van der Waals surface area contributed by atoms with Gasteiger partial charge in [-0.15, -0.1) is 0 Å². The molecule has 2 aliphatic carbocycles. The molecule has 3 rings (SSSR count). The molecule has 0 radical (unpaired) electrons. The normalized spacial score (nSPS) is 37.8. The van der Waals surface area contributed by atoms with Crippen molar-refractivity contribution >= 4 is 0 Å². The molecule has 3 heteroatoms. The Morgan fingerprint density at radius 2 is 1.60 bits per heavy atom. The van der Waals surface area contributed by atoms with Crippen LogP contribution in [0.25, 0.3) is 0 Å². The van der Waals surface area contributed by atoms with Crippen LogP contribution in [0.5, 0.6) is 0 Å². The Bertz CT molecular complexity index is 386. The zero-order valence-electron chi connectivity index (χ0n) is 8.21. The number of benzene rings is 1. The van der Waals surface area contributed by atoms with Crippen LogP contribution in [0.15, 0.2) is 18.2 Å². The largest absolute Gasteiger partial charge is 0.385 e. The Hall–Kier alpha value is -0.960. The molecule has 2 atom stereocenters. The zero-order valence-corrected chi connectivity index (χ0v) is 8.21. The fraction of sp³-hybridized carbons (Fsp3) is 0.500. The zero-order chi connectivity index (χ0) is 10.6. The minimum absolute atomic E-state index is 0.221. The summed E-state index contributed by atoms with van der Waals surface area (Å²) in [6.07, 6.45) is 3.06. The van der Waals surface area contributed by atoms with Crippen molar-refractivity contribution in [2.24, 2.45) is 11.8 Å². The Balaban J connectivity index is 2.00. The molecule has 1 aromatic carbocycles. The van der Waals surface area contributed by atoms with Gasteiger partial charge in [0, 0.05) is 6.07 Å². The standard InChI is InChI=1S/C12H12F2O/c13-8-4-7(5-9(14)6-8)12(15)10-2-1-3-11(10)12/h4-6,10-11,15H,1-3H2. The minimum Gasteiger partial charge on any atom is -0.385 e. The molecule has 1 nitrogen and oxygen atoms in total. The summed E-state index contributed by atoms with van der Waals surface area (Å²) < 4.78 is 26.0. The van der Waals surface area contributed by atoms with E-state index in [1.165, 1.54) is 12.1 Å². The highest BCUT2D eigenvalue weighted by Gasteiger charge is 2.66. The van der Waals surface area contributed by atoms with Gasteiger partial charge in [-0.25, -0.2) is 8.78 Å². The maximum atomic E-state index is 13.0. The van der Waals surface area contributed by atoms with Gasteiger partial charge in [0.15, 0.2) is 0 Å². The lowest BCUT2D eigenvalue weighted by Crippen LogP contribution is -2.13. The SMILES string of the molecule is OC1(c2cc(F)cc(F)c2)C2CCCC21. The van der Waals surface area contributed by atoms with Crippen LogP contribution in [0.2, 0.25) is 0 Å². The van der Waals surface area contributed by atoms with Crippen molar-refractivity contribution in [1.82, 2.24) is 0 Å². The summed E-state index contributed by atoms with van der Waals surface area (Å²) in [5.41, 5.74) is -0.532. The first-order valence-electron chi connectivity index (χ1n) is 5.31. The first-order valence-corrected chi connectivity index (χ1v) is 5.31. The van der Waals surface area contributed by atoms with Crippen LogP contribution in [0.4, 0.5) is 8.78 Å². The van der Waals surface area contributed by atoms with Crippen molar-refractivity contribution in [2.45, 2.75) is 24.9 Å². The summed E-state index contributed by atoms with van der Waals surface area (Å²) in [5.74, 6) is -0.774. The third kappa shape index (κ3) is 1.16. The highest BCUT2D eigenvalue weighted by Crippen LogP contribution is 2.66. The molecule has 2 aliphatic rings. The first-order chi connectivity index (χ1) is 7.12. The fourth-order valence-corrected chi connectivity index (χ4v) is 3.13. The first kappa shape index (κ1) is 9.28. The summed E-state index contributed by atoms with van der Waals surface area (Å²) in [5, 5.41) is 10.3. The third-order valence-electron chi connectivity index (χ3n) is 3.86. The topological polar surface area (TPSA) is 20.2 Å². The lowest BCUT2D eigenvalue weighted by molar-refractivity contribution is 0.105. The number of hydrogen-bond donors (Lipinski definition) is 1. The summed E-state index contributed by atoms with van der Waals surface area (Å²) >= 11 is 0. The second-order valence-electron chi connectivity index (χ2n) is 4.63. The maximum Gasteiger partial charge on any atom is 0.126 e. The van der Waals surface area contributed by atoms with Gasteiger partial charge in [-0.3, -0.25) is 0 Å². The Kier molecular flexibility index (Phi) is 1.72. The minimum atomic E-state index is -0.943. The fourth-order valence-electron chi connectivity index (χ4n) is 3.13. The van der Waals surface area contributed by atoms with Crippen molar-refractivity contribution in [3.63, 3.8) is 0 Å². The van der Waals surface area contributed by atoms with Gasteiger partial charge in [-0.2, -0.15) is 0 Å². The number of fused-ring (bicyclic) bond motifs is 1. The van der Waals surface area contributed by atoms with Gasteiger partial charge < -0.3 is 5.11 Å². The van der Waals surface area contributed by atoms with Crippen LogP contribution >= 0.6 is 0 Å². The van der Waals surface area contributed by atoms with E-state index < -0.39 is 17.2 Å². The molecule has 0 saturated heterocycles. The molecule has 15 heavy (non-hydrogen) atoms. The van der Waals surface area contributed by atoms with Gasteiger partial charge in [-0.1, -0.05) is 6.42 Å². The molecule has 2 unspecified atom stereocenters. The predicted octanol–water partition coefficient (Wildman–Crippen LogP) is 2.58. The second-order valence-corrected chi connectivity index (χ2v) is 4.63.